The lowest BCUT2D eigenvalue weighted by molar-refractivity contribution is -0.137. The van der Waals surface area contributed by atoms with E-state index >= 15 is 0 Å². The number of ether oxygens (including phenoxy) is 2. The summed E-state index contributed by atoms with van der Waals surface area (Å²) >= 11 is 0. The SMILES string of the molecule is C=C(NC(=O)CNC(=O)/C(=C/c1ccccc1)NC(=O)[C@@H](NC(=O)OC(C)(C)C)C(C)C)C(=O)OC. The van der Waals surface area contributed by atoms with Gasteiger partial charge in [0.25, 0.3) is 5.91 Å². The summed E-state index contributed by atoms with van der Waals surface area (Å²) in [6.45, 7) is 11.4. The lowest BCUT2D eigenvalue weighted by atomic mass is 10.0. The van der Waals surface area contributed by atoms with Crippen molar-refractivity contribution in [3.05, 3.63) is 53.9 Å². The summed E-state index contributed by atoms with van der Waals surface area (Å²) in [4.78, 5) is 61.6. The Morgan fingerprint density at radius 2 is 1.64 bits per heavy atom. The number of benzene rings is 1. The normalized spacial score (nSPS) is 12.1. The van der Waals surface area contributed by atoms with Gasteiger partial charge >= 0.3 is 12.1 Å². The first kappa shape index (κ1) is 29.9. The third-order valence-corrected chi connectivity index (χ3v) is 4.37. The van der Waals surface area contributed by atoms with Gasteiger partial charge in [0.1, 0.15) is 23.0 Å². The quantitative estimate of drug-likeness (QED) is 0.280. The zero-order valence-electron chi connectivity index (χ0n) is 21.4. The van der Waals surface area contributed by atoms with E-state index < -0.39 is 48.0 Å². The second kappa shape index (κ2) is 13.7. The van der Waals surface area contributed by atoms with Crippen molar-refractivity contribution in [1.82, 2.24) is 21.3 Å². The fourth-order valence-corrected chi connectivity index (χ4v) is 2.70. The first-order chi connectivity index (χ1) is 16.7. The van der Waals surface area contributed by atoms with Crippen molar-refractivity contribution in [1.29, 1.82) is 0 Å². The third kappa shape index (κ3) is 10.9. The van der Waals surface area contributed by atoms with Crippen molar-refractivity contribution in [2.75, 3.05) is 13.7 Å². The Bertz CT molecular complexity index is 1010. The first-order valence-corrected chi connectivity index (χ1v) is 11.2. The van der Waals surface area contributed by atoms with Gasteiger partial charge in [-0.1, -0.05) is 50.8 Å². The molecule has 11 heteroatoms. The van der Waals surface area contributed by atoms with E-state index in [0.29, 0.717) is 5.56 Å². The van der Waals surface area contributed by atoms with Crippen molar-refractivity contribution in [2.45, 2.75) is 46.3 Å². The molecule has 0 aromatic heterocycles. The minimum absolute atomic E-state index is 0.164. The number of nitrogens with one attached hydrogen (secondary N) is 4. The average molecular weight is 503 g/mol. The van der Waals surface area contributed by atoms with Crippen molar-refractivity contribution >= 4 is 35.9 Å². The molecule has 0 bridgehead atoms. The van der Waals surface area contributed by atoms with Crippen molar-refractivity contribution in [2.24, 2.45) is 5.92 Å². The summed E-state index contributed by atoms with van der Waals surface area (Å²) in [6.07, 6.45) is 0.639. The topological polar surface area (TPSA) is 152 Å². The molecule has 0 heterocycles. The molecule has 196 valence electrons. The number of amides is 4. The number of carbonyl (C=O) groups is 5. The van der Waals surface area contributed by atoms with E-state index in [1.54, 1.807) is 65.0 Å². The molecule has 1 rings (SSSR count). The van der Waals surface area contributed by atoms with Crippen molar-refractivity contribution in [3.8, 4) is 0 Å². The number of hydrogen-bond donors (Lipinski definition) is 4. The van der Waals surface area contributed by atoms with Crippen LogP contribution in [0.4, 0.5) is 4.79 Å². The molecular formula is C25H34N4O7. The minimum Gasteiger partial charge on any atom is -0.464 e. The number of esters is 1. The maximum atomic E-state index is 13.0. The maximum Gasteiger partial charge on any atom is 0.408 e. The Labute approximate surface area is 210 Å². The molecule has 0 aliphatic heterocycles. The standard InChI is InChI=1S/C25H34N4O7/c1-15(2)20(29-24(34)36-25(4,5)6)22(32)28-18(13-17-11-9-8-10-12-17)21(31)26-14-19(30)27-16(3)23(33)35-7/h8-13,15,20H,3,14H2,1-2,4-7H3,(H,26,31)(H,27,30)(H,28,32)(H,29,34)/b18-13-/t20-/m0/s1. The minimum atomic E-state index is -1.02. The number of hydrogen-bond acceptors (Lipinski definition) is 7. The molecule has 4 N–H and O–H groups in total. The van der Waals surface area contributed by atoms with Gasteiger partial charge in [-0.2, -0.15) is 0 Å². The predicted octanol–water partition coefficient (Wildman–Crippen LogP) is 1.61. The molecule has 0 aliphatic carbocycles. The summed E-state index contributed by atoms with van der Waals surface area (Å²) in [5, 5.41) is 9.61. The highest BCUT2D eigenvalue weighted by molar-refractivity contribution is 6.04. The lowest BCUT2D eigenvalue weighted by Crippen LogP contribution is -2.52. The van der Waals surface area contributed by atoms with Crippen molar-refractivity contribution in [3.63, 3.8) is 0 Å². The lowest BCUT2D eigenvalue weighted by Gasteiger charge is -2.25. The summed E-state index contributed by atoms with van der Waals surface area (Å²) in [7, 11) is 1.13. The number of methoxy groups -OCH3 is 1. The fourth-order valence-electron chi connectivity index (χ4n) is 2.70. The van der Waals surface area contributed by atoms with Gasteiger partial charge in [-0.15, -0.1) is 0 Å². The second-order valence-electron chi connectivity index (χ2n) is 9.03. The van der Waals surface area contributed by atoms with Gasteiger partial charge in [-0.05, 0) is 38.3 Å². The molecule has 0 saturated heterocycles. The van der Waals surface area contributed by atoms with Crippen LogP contribution in [-0.2, 0) is 28.7 Å². The van der Waals surface area contributed by atoms with Gasteiger partial charge in [-0.3, -0.25) is 14.4 Å². The Morgan fingerprint density at radius 1 is 1.03 bits per heavy atom. The fraction of sp³-hybridized carbons (Fsp3) is 0.400. The molecule has 1 aromatic rings. The largest absolute Gasteiger partial charge is 0.464 e. The highest BCUT2D eigenvalue weighted by atomic mass is 16.6. The summed E-state index contributed by atoms with van der Waals surface area (Å²) < 4.78 is 9.68. The second-order valence-corrected chi connectivity index (χ2v) is 9.03. The molecule has 1 aromatic carbocycles. The summed E-state index contributed by atoms with van der Waals surface area (Å²) in [5.41, 5.74) is -0.617. The number of rotatable bonds is 10. The monoisotopic (exact) mass is 502 g/mol. The Hall–Kier alpha value is -4.15. The molecule has 36 heavy (non-hydrogen) atoms. The maximum absolute atomic E-state index is 13.0. The molecule has 0 unspecified atom stereocenters. The van der Waals surface area contributed by atoms with Crippen LogP contribution < -0.4 is 21.3 Å². The highest BCUT2D eigenvalue weighted by Gasteiger charge is 2.28. The van der Waals surface area contributed by atoms with Crippen LogP contribution in [0.5, 0.6) is 0 Å². The van der Waals surface area contributed by atoms with E-state index in [-0.39, 0.29) is 17.3 Å². The van der Waals surface area contributed by atoms with Crippen LogP contribution in [0.15, 0.2) is 48.3 Å². The van der Waals surface area contributed by atoms with E-state index in [1.165, 1.54) is 6.08 Å². The van der Waals surface area contributed by atoms with Gasteiger partial charge < -0.3 is 30.7 Å². The van der Waals surface area contributed by atoms with Gasteiger partial charge in [0.05, 0.1) is 13.7 Å². The average Bonchev–Trinajstić information content (AvgIpc) is 2.79. The molecule has 1 atom stereocenters. The van der Waals surface area contributed by atoms with E-state index in [0.717, 1.165) is 7.11 Å². The van der Waals surface area contributed by atoms with Crippen LogP contribution >= 0.6 is 0 Å². The first-order valence-electron chi connectivity index (χ1n) is 11.2. The predicted molar refractivity (Wildman–Crippen MR) is 133 cm³/mol. The van der Waals surface area contributed by atoms with Gasteiger partial charge in [0.15, 0.2) is 0 Å². The third-order valence-electron chi connectivity index (χ3n) is 4.37. The van der Waals surface area contributed by atoms with Crippen LogP contribution in [0, 0.1) is 5.92 Å². The highest BCUT2D eigenvalue weighted by Crippen LogP contribution is 2.10. The van der Waals surface area contributed by atoms with E-state index in [2.05, 4.69) is 32.6 Å². The number of alkyl carbamates (subject to hydrolysis) is 1. The zero-order chi connectivity index (χ0) is 27.5. The Balaban J connectivity index is 3.03. The summed E-state index contributed by atoms with van der Waals surface area (Å²) in [5.74, 6) is -3.32. The molecule has 11 nitrogen and oxygen atoms in total. The van der Waals surface area contributed by atoms with Crippen LogP contribution in [0.25, 0.3) is 6.08 Å². The molecule has 0 aliphatic rings. The smallest absolute Gasteiger partial charge is 0.408 e. The van der Waals surface area contributed by atoms with E-state index in [9.17, 15) is 24.0 Å². The number of carbonyl (C=O) groups excluding carboxylic acids is 5. The van der Waals surface area contributed by atoms with Gasteiger partial charge in [-0.25, -0.2) is 9.59 Å². The summed E-state index contributed by atoms with van der Waals surface area (Å²) in [6, 6.07) is 7.69. The van der Waals surface area contributed by atoms with Gasteiger partial charge in [0, 0.05) is 0 Å². The van der Waals surface area contributed by atoms with Gasteiger partial charge in [0.2, 0.25) is 11.8 Å². The molecule has 4 amide bonds. The molecular weight excluding hydrogens is 468 g/mol. The van der Waals surface area contributed by atoms with Crippen molar-refractivity contribution < 1.29 is 33.4 Å². The Morgan fingerprint density at radius 3 is 2.17 bits per heavy atom. The Kier molecular flexibility index (Phi) is 11.3. The van der Waals surface area contributed by atoms with Crippen LogP contribution in [0.3, 0.4) is 0 Å². The molecule has 0 fully saturated rings. The van der Waals surface area contributed by atoms with Crippen LogP contribution in [-0.4, -0.2) is 55.1 Å². The van der Waals surface area contributed by atoms with E-state index in [4.69, 9.17) is 4.74 Å². The van der Waals surface area contributed by atoms with Crippen LogP contribution in [0.2, 0.25) is 0 Å². The van der Waals surface area contributed by atoms with E-state index in [1.807, 2.05) is 0 Å². The zero-order valence-corrected chi connectivity index (χ0v) is 21.4. The molecule has 0 spiro atoms. The van der Waals surface area contributed by atoms with Crippen LogP contribution in [0.1, 0.15) is 40.2 Å². The molecule has 0 radical (unpaired) electrons. The molecule has 0 saturated carbocycles.